The zero-order chi connectivity index (χ0) is 16.1. The van der Waals surface area contributed by atoms with Gasteiger partial charge in [-0.15, -0.1) is 11.8 Å². The first-order chi connectivity index (χ1) is 11.2. The van der Waals surface area contributed by atoms with Crippen molar-refractivity contribution in [3.63, 3.8) is 0 Å². The lowest BCUT2D eigenvalue weighted by molar-refractivity contribution is -0.113. The summed E-state index contributed by atoms with van der Waals surface area (Å²) in [6.07, 6.45) is 5.60. The van der Waals surface area contributed by atoms with E-state index in [4.69, 9.17) is 4.52 Å². The number of aryl methyl sites for hydroxylation is 1. The van der Waals surface area contributed by atoms with E-state index in [0.29, 0.717) is 29.1 Å². The van der Waals surface area contributed by atoms with Crippen LogP contribution in [0.25, 0.3) is 0 Å². The van der Waals surface area contributed by atoms with Crippen LogP contribution in [0.3, 0.4) is 0 Å². The molecule has 1 N–H and O–H groups in total. The van der Waals surface area contributed by atoms with Gasteiger partial charge in [0.25, 0.3) is 0 Å². The lowest BCUT2D eigenvalue weighted by atomic mass is 10.1. The number of rotatable bonds is 6. The van der Waals surface area contributed by atoms with Crippen LogP contribution in [0, 0.1) is 6.92 Å². The van der Waals surface area contributed by atoms with Gasteiger partial charge in [0, 0.05) is 10.9 Å². The molecule has 0 unspecified atom stereocenters. The molecule has 0 radical (unpaired) electrons. The molecule has 1 saturated carbocycles. The predicted octanol–water partition coefficient (Wildman–Crippen LogP) is 3.58. The molecule has 1 aromatic carbocycles. The molecule has 1 aliphatic rings. The van der Waals surface area contributed by atoms with E-state index in [9.17, 15) is 4.79 Å². The average Bonchev–Trinajstić information content (AvgIpc) is 3.19. The first-order valence-electron chi connectivity index (χ1n) is 7.99. The highest BCUT2D eigenvalue weighted by Crippen LogP contribution is 2.29. The summed E-state index contributed by atoms with van der Waals surface area (Å²) >= 11 is 1.77. The van der Waals surface area contributed by atoms with Gasteiger partial charge in [-0.25, -0.2) is 0 Å². The minimum Gasteiger partial charge on any atom is -0.339 e. The number of hydrogen-bond acceptors (Lipinski definition) is 5. The molecule has 0 atom stereocenters. The number of thioether (sulfide) groups is 1. The minimum absolute atomic E-state index is 0.0519. The van der Waals surface area contributed by atoms with Crippen LogP contribution in [0.5, 0.6) is 0 Å². The Balaban J connectivity index is 1.59. The molecule has 0 spiro atoms. The van der Waals surface area contributed by atoms with Crippen LogP contribution in [0.15, 0.2) is 28.8 Å². The number of aromatic nitrogens is 2. The van der Waals surface area contributed by atoms with Gasteiger partial charge in [-0.3, -0.25) is 4.79 Å². The summed E-state index contributed by atoms with van der Waals surface area (Å²) in [7, 11) is 0. The molecule has 0 saturated heterocycles. The Morgan fingerprint density at radius 2 is 2.13 bits per heavy atom. The second-order valence-corrected chi connectivity index (χ2v) is 7.12. The van der Waals surface area contributed by atoms with Gasteiger partial charge in [0.05, 0.1) is 12.2 Å². The van der Waals surface area contributed by atoms with Crippen LogP contribution in [0.4, 0.5) is 5.69 Å². The van der Waals surface area contributed by atoms with Crippen molar-refractivity contribution >= 4 is 23.4 Å². The summed E-state index contributed by atoms with van der Waals surface area (Å²) < 4.78 is 5.17. The van der Waals surface area contributed by atoms with E-state index in [-0.39, 0.29) is 5.91 Å². The first kappa shape index (κ1) is 16.1. The van der Waals surface area contributed by atoms with E-state index in [1.807, 2.05) is 24.3 Å². The van der Waals surface area contributed by atoms with Crippen LogP contribution < -0.4 is 5.32 Å². The lowest BCUT2D eigenvalue weighted by Crippen LogP contribution is -2.17. The average molecular weight is 331 g/mol. The Kier molecular flexibility index (Phi) is 5.33. The van der Waals surface area contributed by atoms with E-state index in [1.54, 1.807) is 18.7 Å². The highest BCUT2D eigenvalue weighted by Gasteiger charge is 2.17. The van der Waals surface area contributed by atoms with Gasteiger partial charge in [0.1, 0.15) is 0 Å². The summed E-state index contributed by atoms with van der Waals surface area (Å²) in [5.41, 5.74) is 1.80. The van der Waals surface area contributed by atoms with Gasteiger partial charge in [-0.1, -0.05) is 36.2 Å². The number of amides is 1. The van der Waals surface area contributed by atoms with Gasteiger partial charge in [0.2, 0.25) is 11.8 Å². The maximum atomic E-state index is 12.2. The third-order valence-electron chi connectivity index (χ3n) is 3.96. The maximum absolute atomic E-state index is 12.2. The van der Waals surface area contributed by atoms with E-state index < -0.39 is 0 Å². The fourth-order valence-corrected chi connectivity index (χ4v) is 3.93. The van der Waals surface area contributed by atoms with Crippen LogP contribution in [0.1, 0.15) is 43.0 Å². The molecule has 0 aliphatic heterocycles. The molecule has 1 heterocycles. The van der Waals surface area contributed by atoms with Crippen molar-refractivity contribution in [2.24, 2.45) is 0 Å². The van der Waals surface area contributed by atoms with Crippen LogP contribution >= 0.6 is 11.8 Å². The molecule has 5 nitrogen and oxygen atoms in total. The molecule has 122 valence electrons. The Morgan fingerprint density at radius 3 is 2.87 bits per heavy atom. The molecule has 23 heavy (non-hydrogen) atoms. The summed E-state index contributed by atoms with van der Waals surface area (Å²) in [6, 6.07) is 7.75. The van der Waals surface area contributed by atoms with Crippen LogP contribution in [-0.4, -0.2) is 27.1 Å². The molecule has 2 aromatic rings. The number of nitrogens with one attached hydrogen (secondary N) is 1. The molecule has 1 amide bonds. The number of carbonyl (C=O) groups is 1. The fourth-order valence-electron chi connectivity index (χ4n) is 2.81. The van der Waals surface area contributed by atoms with Crippen molar-refractivity contribution in [3.8, 4) is 0 Å². The molecular formula is C17H21N3O2S. The standard InChI is InChI=1S/C17H21N3O2S/c1-12-18-17(22-20-12)10-13-6-2-5-9-15(13)19-16(21)11-23-14-7-3-4-8-14/h2,5-6,9,14H,3-4,7-8,10-11H2,1H3,(H,19,21). The van der Waals surface area contributed by atoms with Gasteiger partial charge >= 0.3 is 0 Å². The van der Waals surface area contributed by atoms with Crippen LogP contribution in [-0.2, 0) is 11.2 Å². The van der Waals surface area contributed by atoms with Gasteiger partial charge in [0.15, 0.2) is 5.82 Å². The first-order valence-corrected chi connectivity index (χ1v) is 9.04. The molecular weight excluding hydrogens is 310 g/mol. The molecule has 3 rings (SSSR count). The second kappa shape index (κ2) is 7.64. The molecule has 1 aliphatic carbocycles. The van der Waals surface area contributed by atoms with E-state index in [0.717, 1.165) is 11.3 Å². The molecule has 1 fully saturated rings. The SMILES string of the molecule is Cc1noc(Cc2ccccc2NC(=O)CSC2CCCC2)n1. The van der Waals surface area contributed by atoms with Crippen molar-refractivity contribution in [1.82, 2.24) is 10.1 Å². The Bertz CT molecular complexity index is 665. The normalized spacial score (nSPS) is 15.0. The van der Waals surface area contributed by atoms with E-state index in [1.165, 1.54) is 25.7 Å². The number of carbonyl (C=O) groups excluding carboxylic acids is 1. The zero-order valence-electron chi connectivity index (χ0n) is 13.2. The van der Waals surface area contributed by atoms with Gasteiger partial charge in [-0.05, 0) is 31.4 Å². The van der Waals surface area contributed by atoms with Crippen molar-refractivity contribution in [2.75, 3.05) is 11.1 Å². The largest absolute Gasteiger partial charge is 0.339 e. The van der Waals surface area contributed by atoms with Crippen LogP contribution in [0.2, 0.25) is 0 Å². The highest BCUT2D eigenvalue weighted by molar-refractivity contribution is 8.00. The fraction of sp³-hybridized carbons (Fsp3) is 0.471. The Hall–Kier alpha value is -1.82. The quantitative estimate of drug-likeness (QED) is 0.876. The molecule has 0 bridgehead atoms. The van der Waals surface area contributed by atoms with Crippen molar-refractivity contribution in [2.45, 2.75) is 44.3 Å². The number of nitrogens with zero attached hydrogens (tertiary/aromatic N) is 2. The van der Waals surface area contributed by atoms with Gasteiger partial charge in [-0.2, -0.15) is 4.98 Å². The highest BCUT2D eigenvalue weighted by atomic mass is 32.2. The summed E-state index contributed by atoms with van der Waals surface area (Å²) in [5.74, 6) is 1.74. The predicted molar refractivity (Wildman–Crippen MR) is 91.6 cm³/mol. The third kappa shape index (κ3) is 4.58. The Morgan fingerprint density at radius 1 is 1.35 bits per heavy atom. The Labute approximate surface area is 140 Å². The van der Waals surface area contributed by atoms with Gasteiger partial charge < -0.3 is 9.84 Å². The van der Waals surface area contributed by atoms with E-state index >= 15 is 0 Å². The summed E-state index contributed by atoms with van der Waals surface area (Å²) in [5, 5.41) is 7.46. The smallest absolute Gasteiger partial charge is 0.234 e. The molecule has 1 aromatic heterocycles. The van der Waals surface area contributed by atoms with Crippen molar-refractivity contribution in [3.05, 3.63) is 41.5 Å². The number of para-hydroxylation sites is 1. The van der Waals surface area contributed by atoms with E-state index in [2.05, 4.69) is 15.5 Å². The topological polar surface area (TPSA) is 68.0 Å². The lowest BCUT2D eigenvalue weighted by Gasteiger charge is -2.11. The second-order valence-electron chi connectivity index (χ2n) is 5.83. The van der Waals surface area contributed by atoms with Crippen molar-refractivity contribution in [1.29, 1.82) is 0 Å². The summed E-state index contributed by atoms with van der Waals surface area (Å²) in [4.78, 5) is 16.4. The zero-order valence-corrected chi connectivity index (χ0v) is 14.1. The number of benzene rings is 1. The molecule has 6 heteroatoms. The minimum atomic E-state index is 0.0519. The van der Waals surface area contributed by atoms with Crippen molar-refractivity contribution < 1.29 is 9.32 Å². The number of hydrogen-bond donors (Lipinski definition) is 1. The monoisotopic (exact) mass is 331 g/mol. The summed E-state index contributed by atoms with van der Waals surface area (Å²) in [6.45, 7) is 1.79. The third-order valence-corrected chi connectivity index (χ3v) is 5.33. The maximum Gasteiger partial charge on any atom is 0.234 e. The number of anilines is 1.